The highest BCUT2D eigenvalue weighted by Crippen LogP contribution is 2.29. The van der Waals surface area contributed by atoms with E-state index < -0.39 is 5.60 Å². The quantitative estimate of drug-likeness (QED) is 0.857. The first-order valence-corrected chi connectivity index (χ1v) is 9.61. The van der Waals surface area contributed by atoms with Crippen LogP contribution in [0, 0.1) is 0 Å². The van der Waals surface area contributed by atoms with Crippen molar-refractivity contribution in [1.82, 2.24) is 9.47 Å². The monoisotopic (exact) mass is 384 g/mol. The van der Waals surface area contributed by atoms with E-state index in [4.69, 9.17) is 4.74 Å². The third-order valence-electron chi connectivity index (χ3n) is 5.22. The number of pyridine rings is 1. The van der Waals surface area contributed by atoms with Crippen molar-refractivity contribution in [1.29, 1.82) is 0 Å². The van der Waals surface area contributed by atoms with E-state index in [-0.39, 0.29) is 23.8 Å². The van der Waals surface area contributed by atoms with Gasteiger partial charge in [-0.15, -0.1) is 0 Å². The molecule has 28 heavy (non-hydrogen) atoms. The van der Waals surface area contributed by atoms with Crippen molar-refractivity contribution in [2.75, 3.05) is 6.54 Å². The first kappa shape index (κ1) is 20.1. The fourth-order valence-corrected chi connectivity index (χ4v) is 3.56. The first-order chi connectivity index (χ1) is 13.1. The van der Waals surface area contributed by atoms with Crippen LogP contribution in [0.15, 0.2) is 47.4 Å². The summed E-state index contributed by atoms with van der Waals surface area (Å²) in [5.74, 6) is 0. The van der Waals surface area contributed by atoms with Crippen molar-refractivity contribution < 1.29 is 14.6 Å². The average molecular weight is 384 g/mol. The molecule has 0 spiro atoms. The van der Waals surface area contributed by atoms with Gasteiger partial charge in [0.25, 0.3) is 5.56 Å². The molecule has 3 rings (SSSR count). The summed E-state index contributed by atoms with van der Waals surface area (Å²) >= 11 is 0. The second kappa shape index (κ2) is 7.80. The van der Waals surface area contributed by atoms with Gasteiger partial charge in [-0.05, 0) is 43.5 Å². The predicted molar refractivity (Wildman–Crippen MR) is 108 cm³/mol. The van der Waals surface area contributed by atoms with Crippen molar-refractivity contribution in [3.63, 3.8) is 0 Å². The molecular formula is C22H28N2O4. The maximum atomic E-state index is 12.4. The summed E-state index contributed by atoms with van der Waals surface area (Å²) in [5, 5.41) is 9.94. The molecule has 1 aromatic heterocycles. The molecule has 0 bridgehead atoms. The van der Waals surface area contributed by atoms with E-state index in [1.165, 1.54) is 4.57 Å². The minimum atomic E-state index is -0.854. The van der Waals surface area contributed by atoms with Gasteiger partial charge in [-0.3, -0.25) is 4.79 Å². The van der Waals surface area contributed by atoms with Gasteiger partial charge in [0.15, 0.2) is 0 Å². The maximum absolute atomic E-state index is 12.4. The molecule has 2 atom stereocenters. The second-order valence-electron chi connectivity index (χ2n) is 8.17. The molecule has 1 aromatic carbocycles. The zero-order chi connectivity index (χ0) is 20.5. The van der Waals surface area contributed by atoms with Crippen LogP contribution in [-0.2, 0) is 11.8 Å². The molecule has 1 fully saturated rings. The first-order valence-electron chi connectivity index (χ1n) is 9.61. The molecule has 150 valence electrons. The van der Waals surface area contributed by atoms with Crippen molar-refractivity contribution in [2.24, 2.45) is 7.05 Å². The highest BCUT2D eigenvalue weighted by molar-refractivity contribution is 5.69. The number of ether oxygens (including phenoxy) is 1. The number of aromatic nitrogens is 1. The van der Waals surface area contributed by atoms with Crippen LogP contribution in [0.3, 0.4) is 0 Å². The number of carbonyl (C=O) groups excluding carboxylic acids is 1. The molecule has 0 aliphatic carbocycles. The molecule has 2 heterocycles. The number of nitrogens with zero attached hydrogens (tertiary/aromatic N) is 2. The van der Waals surface area contributed by atoms with Gasteiger partial charge in [0, 0.05) is 38.7 Å². The van der Waals surface area contributed by atoms with Gasteiger partial charge < -0.3 is 19.3 Å². The topological polar surface area (TPSA) is 71.8 Å². The zero-order valence-electron chi connectivity index (χ0n) is 16.9. The number of cyclic esters (lactones) is 1. The predicted octanol–water partition coefficient (Wildman–Crippen LogP) is 3.49. The minimum absolute atomic E-state index is 0.0494. The van der Waals surface area contributed by atoms with Crippen LogP contribution >= 0.6 is 0 Å². The number of benzene rings is 1. The normalized spacial score (nSPS) is 18.7. The molecule has 6 nitrogen and oxygen atoms in total. The molecule has 1 saturated heterocycles. The number of rotatable bonds is 5. The molecule has 6 heteroatoms. The van der Waals surface area contributed by atoms with Crippen molar-refractivity contribution in [3.05, 3.63) is 58.5 Å². The molecule has 1 amide bonds. The highest BCUT2D eigenvalue weighted by Gasteiger charge is 2.33. The third kappa shape index (κ3) is 4.62. The number of aliphatic hydroxyl groups is 1. The second-order valence-corrected chi connectivity index (χ2v) is 8.17. The van der Waals surface area contributed by atoms with Gasteiger partial charge >= 0.3 is 6.09 Å². The standard InChI is InChI=1S/C22H28N2O4/c1-15(24-12-10-19(28-21(24)26)14-22(2,3)27)16-5-7-17(8-6-16)18-9-11-23(4)20(25)13-18/h5-9,11,13,15,19,27H,10,12,14H2,1-4H3. The lowest BCUT2D eigenvalue weighted by atomic mass is 9.97. The maximum Gasteiger partial charge on any atom is 0.410 e. The van der Waals surface area contributed by atoms with Crippen molar-refractivity contribution in [2.45, 2.75) is 51.4 Å². The molecule has 1 N–H and O–H groups in total. The summed E-state index contributed by atoms with van der Waals surface area (Å²) in [6.45, 7) is 6.02. The lowest BCUT2D eigenvalue weighted by molar-refractivity contribution is -0.0309. The lowest BCUT2D eigenvalue weighted by Crippen LogP contribution is -2.45. The van der Waals surface area contributed by atoms with Crippen LogP contribution in [0.1, 0.15) is 45.2 Å². The Morgan fingerprint density at radius 1 is 1.18 bits per heavy atom. The van der Waals surface area contributed by atoms with Crippen LogP contribution in [0.5, 0.6) is 0 Å². The Morgan fingerprint density at radius 3 is 2.43 bits per heavy atom. The number of aryl methyl sites for hydroxylation is 1. The Morgan fingerprint density at radius 2 is 1.86 bits per heavy atom. The summed E-state index contributed by atoms with van der Waals surface area (Å²) in [5.41, 5.74) is 1.93. The van der Waals surface area contributed by atoms with Crippen LogP contribution in [0.4, 0.5) is 4.79 Å². The smallest absolute Gasteiger partial charge is 0.410 e. The van der Waals surface area contributed by atoms with Crippen LogP contribution in [0.2, 0.25) is 0 Å². The summed E-state index contributed by atoms with van der Waals surface area (Å²) in [7, 11) is 1.72. The molecule has 0 saturated carbocycles. The van der Waals surface area contributed by atoms with Gasteiger partial charge in [-0.2, -0.15) is 0 Å². The Hall–Kier alpha value is -2.60. The highest BCUT2D eigenvalue weighted by atomic mass is 16.6. The van der Waals surface area contributed by atoms with E-state index in [1.807, 2.05) is 37.3 Å². The minimum Gasteiger partial charge on any atom is -0.446 e. The number of hydrogen-bond acceptors (Lipinski definition) is 4. The fourth-order valence-electron chi connectivity index (χ4n) is 3.56. The van der Waals surface area contributed by atoms with E-state index in [0.29, 0.717) is 19.4 Å². The summed E-state index contributed by atoms with van der Waals surface area (Å²) in [6.07, 6.45) is 2.29. The largest absolute Gasteiger partial charge is 0.446 e. The fraction of sp³-hybridized carbons (Fsp3) is 0.455. The van der Waals surface area contributed by atoms with Gasteiger partial charge in [-0.1, -0.05) is 24.3 Å². The van der Waals surface area contributed by atoms with Crippen LogP contribution in [-0.4, -0.2) is 38.9 Å². The van der Waals surface area contributed by atoms with Gasteiger partial charge in [0.05, 0.1) is 11.6 Å². The Balaban J connectivity index is 1.69. The number of amides is 1. The summed E-state index contributed by atoms with van der Waals surface area (Å²) in [6, 6.07) is 11.3. The van der Waals surface area contributed by atoms with Crippen molar-refractivity contribution >= 4 is 6.09 Å². The Bertz CT molecular complexity index is 896. The van der Waals surface area contributed by atoms with Gasteiger partial charge in [-0.25, -0.2) is 4.79 Å². The van der Waals surface area contributed by atoms with Gasteiger partial charge in [0.1, 0.15) is 6.10 Å². The van der Waals surface area contributed by atoms with E-state index in [0.717, 1.165) is 16.7 Å². The molecule has 2 aromatic rings. The third-order valence-corrected chi connectivity index (χ3v) is 5.22. The lowest BCUT2D eigenvalue weighted by Gasteiger charge is -2.37. The number of hydrogen-bond donors (Lipinski definition) is 1. The van der Waals surface area contributed by atoms with E-state index >= 15 is 0 Å². The zero-order valence-corrected chi connectivity index (χ0v) is 16.9. The molecule has 1 aliphatic rings. The van der Waals surface area contributed by atoms with Gasteiger partial charge in [0.2, 0.25) is 0 Å². The van der Waals surface area contributed by atoms with E-state index in [1.54, 1.807) is 38.1 Å². The molecule has 2 unspecified atom stereocenters. The van der Waals surface area contributed by atoms with Crippen LogP contribution in [0.25, 0.3) is 11.1 Å². The van der Waals surface area contributed by atoms with Crippen molar-refractivity contribution in [3.8, 4) is 11.1 Å². The molecular weight excluding hydrogens is 356 g/mol. The SMILES string of the molecule is CC(c1ccc(-c2ccn(C)c(=O)c2)cc1)N1CCC(CC(C)(C)O)OC1=O. The van der Waals surface area contributed by atoms with E-state index in [9.17, 15) is 14.7 Å². The Kier molecular flexibility index (Phi) is 5.61. The summed E-state index contributed by atoms with van der Waals surface area (Å²) < 4.78 is 7.06. The average Bonchev–Trinajstić information content (AvgIpc) is 2.62. The molecule has 1 aliphatic heterocycles. The number of carbonyl (C=O) groups is 1. The Labute approximate surface area is 165 Å². The molecule has 0 radical (unpaired) electrons. The summed E-state index contributed by atoms with van der Waals surface area (Å²) in [4.78, 5) is 26.0. The van der Waals surface area contributed by atoms with E-state index in [2.05, 4.69) is 0 Å². The van der Waals surface area contributed by atoms with Crippen LogP contribution < -0.4 is 5.56 Å².